The van der Waals surface area contributed by atoms with Crippen molar-refractivity contribution in [2.75, 3.05) is 25.6 Å². The van der Waals surface area contributed by atoms with Crippen molar-refractivity contribution < 1.29 is 31.4 Å². The minimum atomic E-state index is -4.70. The Labute approximate surface area is 259 Å². The number of nitrogens with two attached hydrogens (primary N) is 1. The molecule has 1 radical (unpaired) electrons. The van der Waals surface area contributed by atoms with Crippen LogP contribution in [0.1, 0.15) is 26.2 Å². The van der Waals surface area contributed by atoms with Crippen molar-refractivity contribution in [3.05, 3.63) is 22.9 Å². The van der Waals surface area contributed by atoms with E-state index in [2.05, 4.69) is 30.1 Å². The first-order valence-corrected chi connectivity index (χ1v) is 14.7. The Morgan fingerprint density at radius 2 is 1.97 bits per heavy atom. The van der Waals surface area contributed by atoms with Crippen molar-refractivity contribution in [1.82, 2.24) is 24.4 Å². The van der Waals surface area contributed by atoms with Gasteiger partial charge in [0.15, 0.2) is 39.7 Å². The van der Waals surface area contributed by atoms with Gasteiger partial charge in [-0.1, -0.05) is 11.8 Å². The number of hydrogen-bond acceptors (Lipinski definition) is 11. The van der Waals surface area contributed by atoms with Crippen molar-refractivity contribution in [3.63, 3.8) is 0 Å². The van der Waals surface area contributed by atoms with Crippen LogP contribution in [0.2, 0.25) is 0 Å². The normalized spacial score (nSPS) is 16.3. The van der Waals surface area contributed by atoms with Crippen LogP contribution in [0.15, 0.2) is 33.0 Å². The summed E-state index contributed by atoms with van der Waals surface area (Å²) in [5.41, 5.74) is 7.27. The molecule has 0 unspecified atom stereocenters. The number of aryl methyl sites for hydroxylation is 1. The minimum Gasteiger partial charge on any atom is -0.454 e. The predicted molar refractivity (Wildman–Crippen MR) is 146 cm³/mol. The van der Waals surface area contributed by atoms with Crippen LogP contribution in [-0.2, 0) is 25.9 Å². The Bertz CT molecular complexity index is 1480. The number of carbonyl (C=O) groups is 1. The summed E-state index contributed by atoms with van der Waals surface area (Å²) in [5, 5.41) is 0.704. The van der Waals surface area contributed by atoms with E-state index in [1.807, 2.05) is 16.7 Å². The number of aromatic nitrogens is 4. The van der Waals surface area contributed by atoms with Crippen LogP contribution in [0.3, 0.4) is 0 Å². The monoisotopic (exact) mass is 651 g/mol. The summed E-state index contributed by atoms with van der Waals surface area (Å²) in [7, 11) is -4.70. The maximum absolute atomic E-state index is 12.5. The number of piperidine rings is 1. The number of anilines is 1. The quantitative estimate of drug-likeness (QED) is 0.270. The van der Waals surface area contributed by atoms with E-state index >= 15 is 0 Å². The molecule has 3 N–H and O–H groups in total. The molecular formula is C22H25BrN6NaO7S2. The molecule has 4 heterocycles. The summed E-state index contributed by atoms with van der Waals surface area (Å²) < 4.78 is 48.9. The number of rotatable bonds is 8. The molecule has 2 aromatic heterocycles. The summed E-state index contributed by atoms with van der Waals surface area (Å²) in [4.78, 5) is 28.2. The molecule has 1 aromatic carbocycles. The van der Waals surface area contributed by atoms with Gasteiger partial charge in [0.25, 0.3) is 5.91 Å². The number of halogens is 1. The molecule has 5 rings (SSSR count). The zero-order valence-corrected chi connectivity index (χ0v) is 26.5. The van der Waals surface area contributed by atoms with Crippen molar-refractivity contribution >= 4 is 90.5 Å². The number of hydrogen-bond donors (Lipinski definition) is 2. The second-order valence-corrected chi connectivity index (χ2v) is 11.8. The number of amides is 1. The molecule has 0 spiro atoms. The third-order valence-electron chi connectivity index (χ3n) is 6.45. The number of likely N-dealkylation sites (tertiary alicyclic amines) is 1. The van der Waals surface area contributed by atoms with Gasteiger partial charge in [-0.05, 0) is 60.2 Å². The molecule has 205 valence electrons. The van der Waals surface area contributed by atoms with Gasteiger partial charge >= 0.3 is 10.4 Å². The zero-order valence-electron chi connectivity index (χ0n) is 21.2. The van der Waals surface area contributed by atoms with E-state index in [4.69, 9.17) is 24.7 Å². The van der Waals surface area contributed by atoms with E-state index in [1.165, 1.54) is 25.0 Å². The zero-order chi connectivity index (χ0) is 27.0. The Kier molecular flexibility index (Phi) is 9.69. The molecular weight excluding hydrogens is 627 g/mol. The minimum absolute atomic E-state index is 0. The second kappa shape index (κ2) is 12.5. The molecule has 3 aromatic rings. The first-order chi connectivity index (χ1) is 18.1. The van der Waals surface area contributed by atoms with Crippen LogP contribution in [-0.4, -0.2) is 98.8 Å². The Morgan fingerprint density at radius 3 is 2.67 bits per heavy atom. The van der Waals surface area contributed by atoms with Gasteiger partial charge in [-0.25, -0.2) is 19.1 Å². The fourth-order valence-corrected chi connectivity index (χ4v) is 6.48. The van der Waals surface area contributed by atoms with Crippen LogP contribution in [0, 0.1) is 5.92 Å². The van der Waals surface area contributed by atoms with Gasteiger partial charge in [-0.15, -0.1) is 0 Å². The van der Waals surface area contributed by atoms with Crippen molar-refractivity contribution in [3.8, 4) is 11.5 Å². The maximum Gasteiger partial charge on any atom is 0.398 e. The number of fused-ring (bicyclic) bond motifs is 2. The molecule has 1 saturated heterocycles. The van der Waals surface area contributed by atoms with Crippen LogP contribution in [0.4, 0.5) is 5.82 Å². The van der Waals surface area contributed by atoms with E-state index in [0.29, 0.717) is 59.2 Å². The number of ether oxygens (including phenoxy) is 2. The number of carbonyl (C=O) groups excluding carboxylic acids is 1. The summed E-state index contributed by atoms with van der Waals surface area (Å²) in [5.74, 6) is 1.49. The number of imidazole rings is 1. The van der Waals surface area contributed by atoms with Crippen molar-refractivity contribution in [1.29, 1.82) is 0 Å². The Balaban J connectivity index is 0.00000353. The Hall–Kier alpha value is -1.66. The van der Waals surface area contributed by atoms with Gasteiger partial charge in [-0.2, -0.15) is 8.42 Å². The van der Waals surface area contributed by atoms with Crippen molar-refractivity contribution in [2.45, 2.75) is 48.9 Å². The largest absolute Gasteiger partial charge is 0.454 e. The fourth-order valence-electron chi connectivity index (χ4n) is 4.52. The van der Waals surface area contributed by atoms with Gasteiger partial charge in [0.05, 0.1) is 0 Å². The molecule has 1 amide bonds. The first kappa shape index (κ1) is 30.3. The van der Waals surface area contributed by atoms with E-state index in [0.717, 1.165) is 28.6 Å². The fraction of sp³-hybridized carbons (Fsp3) is 0.455. The Morgan fingerprint density at radius 1 is 1.28 bits per heavy atom. The molecule has 0 saturated carbocycles. The molecule has 2 aliphatic rings. The molecule has 2 aliphatic heterocycles. The van der Waals surface area contributed by atoms with E-state index in [1.54, 1.807) is 4.90 Å². The molecule has 1 atom stereocenters. The third kappa shape index (κ3) is 6.98. The molecule has 17 heteroatoms. The number of benzene rings is 1. The summed E-state index contributed by atoms with van der Waals surface area (Å²) in [6.07, 6.45) is 2.43. The second-order valence-electron chi connectivity index (χ2n) is 8.94. The molecule has 13 nitrogen and oxygen atoms in total. The summed E-state index contributed by atoms with van der Waals surface area (Å²) >= 11 is 5.05. The standard InChI is InChI=1S/C22H25BrN6O7S2.Na/c1-12(36-38(31,32)33)21(30)28-5-2-13(3-6-28)4-7-29-20-18(19(24)25-10-26-20)27-22(29)37-17-9-16-15(8-14(17)23)34-11-35-16;/h8-10,12-13H,2-7,11H2,1H3,(H2,24,25,26)(H,31,32,33);/t12-;/m0./s1. The molecule has 39 heavy (non-hydrogen) atoms. The SMILES string of the molecule is C[C@H](OS(=O)(=O)O)C(=O)N1CCC(CCn2c(Sc3cc4c(cc3Br)OCO4)nc3c(N)ncnc32)CC1.[Na]. The van der Waals surface area contributed by atoms with Gasteiger partial charge in [0.2, 0.25) is 6.79 Å². The maximum atomic E-state index is 12.5. The third-order valence-corrected chi connectivity index (χ3v) is 8.96. The van der Waals surface area contributed by atoms with E-state index < -0.39 is 22.4 Å². The van der Waals surface area contributed by atoms with E-state index in [-0.39, 0.29) is 36.4 Å². The summed E-state index contributed by atoms with van der Waals surface area (Å²) in [6.45, 7) is 3.04. The van der Waals surface area contributed by atoms with Crippen molar-refractivity contribution in [2.24, 2.45) is 5.92 Å². The topological polar surface area (TPSA) is 172 Å². The first-order valence-electron chi connectivity index (χ1n) is 11.8. The smallest absolute Gasteiger partial charge is 0.398 e. The molecule has 0 bridgehead atoms. The van der Waals surface area contributed by atoms with Crippen LogP contribution < -0.4 is 15.2 Å². The van der Waals surface area contributed by atoms with Crippen LogP contribution in [0.5, 0.6) is 11.5 Å². The van der Waals surface area contributed by atoms with E-state index in [9.17, 15) is 13.2 Å². The van der Waals surface area contributed by atoms with Crippen LogP contribution >= 0.6 is 27.7 Å². The number of nitrogens with zero attached hydrogens (tertiary/aromatic N) is 5. The number of nitrogen functional groups attached to an aromatic ring is 1. The predicted octanol–water partition coefficient (Wildman–Crippen LogP) is 2.51. The average molecular weight is 653 g/mol. The molecule has 1 fully saturated rings. The van der Waals surface area contributed by atoms with Gasteiger partial charge < -0.3 is 24.7 Å². The van der Waals surface area contributed by atoms with Gasteiger partial charge in [0.1, 0.15) is 6.33 Å². The van der Waals surface area contributed by atoms with Gasteiger partial charge in [0, 0.05) is 58.6 Å². The van der Waals surface area contributed by atoms with Gasteiger partial charge in [-0.3, -0.25) is 9.35 Å². The summed E-state index contributed by atoms with van der Waals surface area (Å²) in [6, 6.07) is 3.76. The van der Waals surface area contributed by atoms with Crippen LogP contribution in [0.25, 0.3) is 11.2 Å². The molecule has 0 aliphatic carbocycles. The average Bonchev–Trinajstić information content (AvgIpc) is 3.46.